The molecular formula is C36H54N4O8. The van der Waals surface area contributed by atoms with Crippen LogP contribution in [-0.4, -0.2) is 92.5 Å². The highest BCUT2D eigenvalue weighted by molar-refractivity contribution is 6.09. The van der Waals surface area contributed by atoms with Crippen molar-refractivity contribution in [2.45, 2.75) is 136 Å². The molecule has 0 saturated carbocycles. The number of H-pyrrole nitrogens is 1. The van der Waals surface area contributed by atoms with Crippen molar-refractivity contribution in [3.05, 3.63) is 36.0 Å². The Morgan fingerprint density at radius 1 is 0.917 bits per heavy atom. The van der Waals surface area contributed by atoms with Gasteiger partial charge in [0, 0.05) is 42.2 Å². The Labute approximate surface area is 284 Å². The predicted octanol–water partition coefficient (Wildman–Crippen LogP) is 5.52. The molecule has 266 valence electrons. The summed E-state index contributed by atoms with van der Waals surface area (Å²) in [5, 5.41) is 0.708. The summed E-state index contributed by atoms with van der Waals surface area (Å²) in [7, 11) is 0. The Bertz CT molecular complexity index is 1460. The first-order valence-corrected chi connectivity index (χ1v) is 16.8. The van der Waals surface area contributed by atoms with Gasteiger partial charge in [-0.25, -0.2) is 14.4 Å². The largest absolute Gasteiger partial charge is 0.458 e. The second kappa shape index (κ2) is 15.5. The fourth-order valence-electron chi connectivity index (χ4n) is 5.60. The number of nitrogens with zero attached hydrogens (tertiary/aromatic N) is 2. The number of carbonyl (C=O) groups excluding carboxylic acids is 5. The summed E-state index contributed by atoms with van der Waals surface area (Å²) >= 11 is 0. The number of ether oxygens (including phenoxy) is 3. The van der Waals surface area contributed by atoms with E-state index < -0.39 is 53.0 Å². The molecule has 1 aromatic heterocycles. The zero-order valence-electron chi connectivity index (χ0n) is 30.0. The maximum atomic E-state index is 13.7. The third-order valence-electron chi connectivity index (χ3n) is 7.65. The molecular weight excluding hydrogens is 616 g/mol. The summed E-state index contributed by atoms with van der Waals surface area (Å²) in [6.07, 6.45) is 2.77. The number of nitrogens with two attached hydrogens (primary N) is 1. The SMILES string of the molecule is CC(C)(C)OC(=O)C(CC(=O)c1c[nH]c2ccccc12)N(CCCC[C@H](N)C(=O)N1CCC[C@H]1C(=O)OC(C)(C)C)C(=O)OC(C)(C)C. The van der Waals surface area contributed by atoms with Crippen LogP contribution in [-0.2, 0) is 28.6 Å². The van der Waals surface area contributed by atoms with Gasteiger partial charge in [0.2, 0.25) is 5.91 Å². The van der Waals surface area contributed by atoms with E-state index in [4.69, 9.17) is 19.9 Å². The predicted molar refractivity (Wildman–Crippen MR) is 182 cm³/mol. The second-order valence-electron chi connectivity index (χ2n) is 15.4. The van der Waals surface area contributed by atoms with Crippen LogP contribution in [0.2, 0.25) is 0 Å². The van der Waals surface area contributed by atoms with E-state index in [1.54, 1.807) is 68.5 Å². The van der Waals surface area contributed by atoms with Crippen molar-refractivity contribution in [2.24, 2.45) is 5.73 Å². The molecule has 1 saturated heterocycles. The molecule has 3 atom stereocenters. The molecule has 0 radical (unpaired) electrons. The van der Waals surface area contributed by atoms with E-state index in [9.17, 15) is 24.0 Å². The van der Waals surface area contributed by atoms with E-state index in [-0.39, 0.29) is 31.1 Å². The number of amides is 2. The highest BCUT2D eigenvalue weighted by Crippen LogP contribution is 2.25. The summed E-state index contributed by atoms with van der Waals surface area (Å²) in [5.41, 5.74) is 5.07. The average molecular weight is 671 g/mol. The molecule has 1 aliphatic rings. The molecule has 2 amide bonds. The molecule has 2 heterocycles. The number of esters is 2. The number of nitrogens with one attached hydrogen (secondary N) is 1. The summed E-state index contributed by atoms with van der Waals surface area (Å²) < 4.78 is 16.9. The number of rotatable bonds is 12. The van der Waals surface area contributed by atoms with Crippen molar-refractivity contribution in [1.82, 2.24) is 14.8 Å². The normalized spacial score (nSPS) is 16.7. The number of para-hydroxylation sites is 1. The van der Waals surface area contributed by atoms with Crippen LogP contribution < -0.4 is 5.73 Å². The van der Waals surface area contributed by atoms with Gasteiger partial charge in [0.15, 0.2) is 5.78 Å². The van der Waals surface area contributed by atoms with Gasteiger partial charge in [0.1, 0.15) is 28.9 Å². The Hall–Kier alpha value is -3.93. The fourth-order valence-corrected chi connectivity index (χ4v) is 5.60. The van der Waals surface area contributed by atoms with Crippen LogP contribution >= 0.6 is 0 Å². The molecule has 0 bridgehead atoms. The van der Waals surface area contributed by atoms with Gasteiger partial charge in [-0.05, 0) is 100 Å². The molecule has 48 heavy (non-hydrogen) atoms. The van der Waals surface area contributed by atoms with E-state index in [1.165, 1.54) is 9.80 Å². The number of aromatic amines is 1. The Balaban J connectivity index is 1.77. The number of likely N-dealkylation sites (tertiary alicyclic amines) is 1. The number of Topliss-reactive ketones (excluding diaryl/α,β-unsaturated/α-hetero) is 1. The zero-order chi connectivity index (χ0) is 36.0. The van der Waals surface area contributed by atoms with Gasteiger partial charge >= 0.3 is 18.0 Å². The summed E-state index contributed by atoms with van der Waals surface area (Å²) in [4.78, 5) is 72.8. The lowest BCUT2D eigenvalue weighted by Crippen LogP contribution is -2.50. The van der Waals surface area contributed by atoms with Crippen molar-refractivity contribution in [3.8, 4) is 0 Å². The summed E-state index contributed by atoms with van der Waals surface area (Å²) in [6, 6.07) is 4.53. The van der Waals surface area contributed by atoms with Crippen LogP contribution in [0.1, 0.15) is 111 Å². The standard InChI is InChI=1S/C36H54N4O8/c1-34(2,3)46-31(43)27-18-14-20-39(27)30(42)25(37)16-12-13-19-40(33(45)48-36(7,8)9)28(32(44)47-35(4,5)6)21-29(41)24-22-38-26-17-11-10-15-23(24)26/h10-11,15,17,22,25,27-28,38H,12-14,16,18-21,37H2,1-9H3/t25-,27-,28?/m0/s1. The van der Waals surface area contributed by atoms with Gasteiger partial charge in [-0.2, -0.15) is 0 Å². The lowest BCUT2D eigenvalue weighted by atomic mass is 10.0. The lowest BCUT2D eigenvalue weighted by Gasteiger charge is -2.34. The number of aromatic nitrogens is 1. The number of ketones is 1. The number of unbranched alkanes of at least 4 members (excludes halogenated alkanes) is 1. The first-order valence-electron chi connectivity index (χ1n) is 16.8. The highest BCUT2D eigenvalue weighted by atomic mass is 16.6. The van der Waals surface area contributed by atoms with Crippen LogP contribution in [0.3, 0.4) is 0 Å². The monoisotopic (exact) mass is 670 g/mol. The maximum Gasteiger partial charge on any atom is 0.411 e. The maximum absolute atomic E-state index is 13.7. The van der Waals surface area contributed by atoms with Crippen LogP contribution in [0, 0.1) is 0 Å². The molecule has 0 spiro atoms. The summed E-state index contributed by atoms with van der Waals surface area (Å²) in [6.45, 7) is 16.1. The first-order chi connectivity index (χ1) is 22.2. The number of fused-ring (bicyclic) bond motifs is 1. The van der Waals surface area contributed by atoms with E-state index in [0.717, 1.165) is 5.52 Å². The molecule has 1 aromatic carbocycles. The van der Waals surface area contributed by atoms with Crippen LogP contribution in [0.5, 0.6) is 0 Å². The van der Waals surface area contributed by atoms with Crippen LogP contribution in [0.4, 0.5) is 4.79 Å². The minimum absolute atomic E-state index is 0.0468. The van der Waals surface area contributed by atoms with Crippen molar-refractivity contribution in [3.63, 3.8) is 0 Å². The Morgan fingerprint density at radius 3 is 2.17 bits per heavy atom. The molecule has 0 aliphatic carbocycles. The van der Waals surface area contributed by atoms with Gasteiger partial charge in [-0.1, -0.05) is 18.2 Å². The van der Waals surface area contributed by atoms with Crippen LogP contribution in [0.15, 0.2) is 30.5 Å². The number of benzene rings is 1. The minimum Gasteiger partial charge on any atom is -0.458 e. The molecule has 1 fully saturated rings. The molecule has 2 aromatic rings. The smallest absolute Gasteiger partial charge is 0.411 e. The number of carbonyl (C=O) groups is 5. The third kappa shape index (κ3) is 11.1. The first kappa shape index (κ1) is 38.5. The van der Waals surface area contributed by atoms with E-state index >= 15 is 0 Å². The van der Waals surface area contributed by atoms with Gasteiger partial charge in [0.05, 0.1) is 6.04 Å². The Kier molecular flexibility index (Phi) is 12.5. The molecule has 1 unspecified atom stereocenters. The van der Waals surface area contributed by atoms with Crippen molar-refractivity contribution in [1.29, 1.82) is 0 Å². The number of hydrogen-bond acceptors (Lipinski definition) is 9. The van der Waals surface area contributed by atoms with Crippen molar-refractivity contribution < 1.29 is 38.2 Å². The van der Waals surface area contributed by atoms with E-state index in [1.807, 2.05) is 24.3 Å². The average Bonchev–Trinajstić information content (AvgIpc) is 3.61. The summed E-state index contributed by atoms with van der Waals surface area (Å²) in [5.74, 6) is -1.84. The second-order valence-corrected chi connectivity index (χ2v) is 15.4. The molecule has 1 aliphatic heterocycles. The van der Waals surface area contributed by atoms with Crippen molar-refractivity contribution in [2.75, 3.05) is 13.1 Å². The molecule has 12 heteroatoms. The quantitative estimate of drug-likeness (QED) is 0.128. The third-order valence-corrected chi connectivity index (χ3v) is 7.65. The van der Waals surface area contributed by atoms with Crippen LogP contribution in [0.25, 0.3) is 10.9 Å². The molecule has 3 rings (SSSR count). The van der Waals surface area contributed by atoms with E-state index in [0.29, 0.717) is 43.2 Å². The topological polar surface area (TPSA) is 161 Å². The van der Waals surface area contributed by atoms with E-state index in [2.05, 4.69) is 4.98 Å². The van der Waals surface area contributed by atoms with Gasteiger partial charge in [-0.15, -0.1) is 0 Å². The fraction of sp³-hybridized carbons (Fsp3) is 0.639. The lowest BCUT2D eigenvalue weighted by molar-refractivity contribution is -0.163. The van der Waals surface area contributed by atoms with Crippen molar-refractivity contribution >= 4 is 40.6 Å². The highest BCUT2D eigenvalue weighted by Gasteiger charge is 2.40. The Morgan fingerprint density at radius 2 is 1.54 bits per heavy atom. The number of hydrogen-bond donors (Lipinski definition) is 2. The van der Waals surface area contributed by atoms with Gasteiger partial charge in [-0.3, -0.25) is 14.5 Å². The van der Waals surface area contributed by atoms with Gasteiger partial charge < -0.3 is 29.8 Å². The molecule has 12 nitrogen and oxygen atoms in total. The zero-order valence-corrected chi connectivity index (χ0v) is 30.0. The molecule has 3 N–H and O–H groups in total. The minimum atomic E-state index is -1.27. The van der Waals surface area contributed by atoms with Gasteiger partial charge in [0.25, 0.3) is 0 Å².